The van der Waals surface area contributed by atoms with Crippen LogP contribution in [0.3, 0.4) is 0 Å². The van der Waals surface area contributed by atoms with E-state index >= 15 is 0 Å². The number of sulfonamides is 1. The fourth-order valence-electron chi connectivity index (χ4n) is 1.76. The van der Waals surface area contributed by atoms with E-state index in [4.69, 9.17) is 4.74 Å². The highest BCUT2D eigenvalue weighted by Crippen LogP contribution is 2.22. The Morgan fingerprint density at radius 1 is 1.53 bits per heavy atom. The molecule has 0 aromatic carbocycles. The van der Waals surface area contributed by atoms with Gasteiger partial charge in [0, 0.05) is 25.5 Å². The van der Waals surface area contributed by atoms with Crippen LogP contribution in [0.15, 0.2) is 0 Å². The molecule has 1 saturated heterocycles. The second-order valence-electron chi connectivity index (χ2n) is 3.80. The monoisotopic (exact) mass is 299 g/mol. The molecule has 1 atom stereocenters. The molecule has 6 heteroatoms. The highest BCUT2D eigenvalue weighted by molar-refractivity contribution is 9.09. The van der Waals surface area contributed by atoms with Gasteiger partial charge in [0.25, 0.3) is 0 Å². The zero-order valence-corrected chi connectivity index (χ0v) is 11.4. The van der Waals surface area contributed by atoms with Gasteiger partial charge >= 0.3 is 0 Å². The largest absolute Gasteiger partial charge is 0.384 e. The molecule has 0 aromatic rings. The topological polar surface area (TPSA) is 46.6 Å². The zero-order valence-electron chi connectivity index (χ0n) is 8.99. The van der Waals surface area contributed by atoms with Gasteiger partial charge in [0.15, 0.2) is 0 Å². The van der Waals surface area contributed by atoms with E-state index in [9.17, 15) is 8.42 Å². The zero-order chi connectivity index (χ0) is 11.3. The van der Waals surface area contributed by atoms with Crippen molar-refractivity contribution in [1.29, 1.82) is 0 Å². The quantitative estimate of drug-likeness (QED) is 0.689. The van der Waals surface area contributed by atoms with Gasteiger partial charge in [-0.25, -0.2) is 12.7 Å². The van der Waals surface area contributed by atoms with E-state index in [1.807, 2.05) is 0 Å². The molecule has 90 valence electrons. The van der Waals surface area contributed by atoms with Crippen LogP contribution in [-0.2, 0) is 14.8 Å². The summed E-state index contributed by atoms with van der Waals surface area (Å²) >= 11 is 3.38. The SMILES string of the molecule is COCCS(=O)(=O)N1CCC(CCBr)C1. The minimum absolute atomic E-state index is 0.102. The van der Waals surface area contributed by atoms with Crippen LogP contribution in [-0.4, -0.2) is 50.6 Å². The van der Waals surface area contributed by atoms with Crippen molar-refractivity contribution in [3.8, 4) is 0 Å². The molecule has 1 heterocycles. The third kappa shape index (κ3) is 4.01. The van der Waals surface area contributed by atoms with E-state index < -0.39 is 10.0 Å². The Hall–Kier alpha value is 0.350. The van der Waals surface area contributed by atoms with Gasteiger partial charge in [0.1, 0.15) is 0 Å². The van der Waals surface area contributed by atoms with Gasteiger partial charge in [-0.1, -0.05) is 15.9 Å². The second kappa shape index (κ2) is 6.18. The van der Waals surface area contributed by atoms with Gasteiger partial charge < -0.3 is 4.74 Å². The Bertz CT molecular complexity index is 281. The number of rotatable bonds is 6. The van der Waals surface area contributed by atoms with Gasteiger partial charge in [-0.2, -0.15) is 0 Å². The number of hydrogen-bond donors (Lipinski definition) is 0. The highest BCUT2D eigenvalue weighted by Gasteiger charge is 2.30. The second-order valence-corrected chi connectivity index (χ2v) is 6.68. The van der Waals surface area contributed by atoms with Crippen LogP contribution in [0.4, 0.5) is 0 Å². The van der Waals surface area contributed by atoms with Crippen LogP contribution >= 0.6 is 15.9 Å². The van der Waals surface area contributed by atoms with Crippen molar-refractivity contribution in [1.82, 2.24) is 4.31 Å². The first-order valence-corrected chi connectivity index (χ1v) is 7.86. The predicted octanol–water partition coefficient (Wildman–Crippen LogP) is 1.07. The lowest BCUT2D eigenvalue weighted by Gasteiger charge is -2.15. The molecule has 0 aliphatic carbocycles. The van der Waals surface area contributed by atoms with Gasteiger partial charge in [0.05, 0.1) is 12.4 Å². The van der Waals surface area contributed by atoms with Gasteiger partial charge in [-0.3, -0.25) is 0 Å². The summed E-state index contributed by atoms with van der Waals surface area (Å²) in [7, 11) is -1.56. The molecule has 4 nitrogen and oxygen atoms in total. The number of halogens is 1. The molecule has 0 radical (unpaired) electrons. The Kier molecular flexibility index (Phi) is 5.52. The molecule has 0 aromatic heterocycles. The average molecular weight is 300 g/mol. The fourth-order valence-corrected chi connectivity index (χ4v) is 3.86. The molecule has 0 saturated carbocycles. The minimum Gasteiger partial charge on any atom is -0.384 e. The van der Waals surface area contributed by atoms with E-state index in [0.29, 0.717) is 19.0 Å². The van der Waals surface area contributed by atoms with Crippen molar-refractivity contribution >= 4 is 26.0 Å². The molecule has 0 N–H and O–H groups in total. The molecule has 0 amide bonds. The van der Waals surface area contributed by atoms with Crippen LogP contribution in [0.2, 0.25) is 0 Å². The maximum atomic E-state index is 11.8. The number of alkyl halides is 1. The molecule has 0 bridgehead atoms. The first-order valence-electron chi connectivity index (χ1n) is 5.13. The maximum absolute atomic E-state index is 11.8. The molecule has 1 unspecified atom stereocenters. The van der Waals surface area contributed by atoms with Crippen molar-refractivity contribution in [2.45, 2.75) is 12.8 Å². The minimum atomic E-state index is -3.08. The number of ether oxygens (including phenoxy) is 1. The lowest BCUT2D eigenvalue weighted by atomic mass is 10.1. The first kappa shape index (κ1) is 13.4. The molecular formula is C9H18BrNO3S. The lowest BCUT2D eigenvalue weighted by Crippen LogP contribution is -2.32. The first-order chi connectivity index (χ1) is 7.10. The number of hydrogen-bond acceptors (Lipinski definition) is 3. The molecular weight excluding hydrogens is 282 g/mol. The van der Waals surface area contributed by atoms with Crippen molar-refractivity contribution < 1.29 is 13.2 Å². The van der Waals surface area contributed by atoms with E-state index in [2.05, 4.69) is 15.9 Å². The maximum Gasteiger partial charge on any atom is 0.216 e. The summed E-state index contributed by atoms with van der Waals surface area (Å²) in [5, 5.41) is 0.948. The third-order valence-corrected chi connectivity index (χ3v) is 4.96. The molecule has 1 rings (SSSR count). The summed E-state index contributed by atoms with van der Waals surface area (Å²) in [5.74, 6) is 0.617. The Labute approximate surface area is 100 Å². The summed E-state index contributed by atoms with van der Waals surface area (Å²) in [6.45, 7) is 1.63. The van der Waals surface area contributed by atoms with Crippen molar-refractivity contribution in [3.05, 3.63) is 0 Å². The summed E-state index contributed by atoms with van der Waals surface area (Å²) in [4.78, 5) is 0. The Morgan fingerprint density at radius 3 is 2.87 bits per heavy atom. The van der Waals surface area contributed by atoms with Crippen molar-refractivity contribution in [2.24, 2.45) is 5.92 Å². The lowest BCUT2D eigenvalue weighted by molar-refractivity contribution is 0.215. The van der Waals surface area contributed by atoms with E-state index in [0.717, 1.165) is 18.2 Å². The smallest absolute Gasteiger partial charge is 0.216 e. The Balaban J connectivity index is 2.45. The van der Waals surface area contributed by atoms with Crippen LogP contribution < -0.4 is 0 Å². The highest BCUT2D eigenvalue weighted by atomic mass is 79.9. The normalized spacial score (nSPS) is 23.5. The van der Waals surface area contributed by atoms with Crippen LogP contribution in [0.1, 0.15) is 12.8 Å². The van der Waals surface area contributed by atoms with Gasteiger partial charge in [0.2, 0.25) is 10.0 Å². The third-order valence-electron chi connectivity index (χ3n) is 2.70. The van der Waals surface area contributed by atoms with Gasteiger partial charge in [-0.15, -0.1) is 0 Å². The average Bonchev–Trinajstić information content (AvgIpc) is 2.65. The van der Waals surface area contributed by atoms with Crippen LogP contribution in [0.25, 0.3) is 0 Å². The molecule has 1 aliphatic rings. The van der Waals surface area contributed by atoms with Crippen LogP contribution in [0.5, 0.6) is 0 Å². The van der Waals surface area contributed by atoms with E-state index in [1.165, 1.54) is 7.11 Å². The number of nitrogens with zero attached hydrogens (tertiary/aromatic N) is 1. The summed E-state index contributed by atoms with van der Waals surface area (Å²) < 4.78 is 29.9. The molecule has 15 heavy (non-hydrogen) atoms. The van der Waals surface area contributed by atoms with Crippen molar-refractivity contribution in [2.75, 3.05) is 37.9 Å². The number of methoxy groups -OCH3 is 1. The van der Waals surface area contributed by atoms with Gasteiger partial charge in [-0.05, 0) is 18.8 Å². The summed E-state index contributed by atoms with van der Waals surface area (Å²) in [6, 6.07) is 0. The molecule has 1 aliphatic heterocycles. The predicted molar refractivity (Wildman–Crippen MR) is 63.8 cm³/mol. The standard InChI is InChI=1S/C9H18BrNO3S/c1-14-6-7-15(12,13)11-5-3-9(8-11)2-4-10/h9H,2-8H2,1H3. The Morgan fingerprint density at radius 2 is 2.27 bits per heavy atom. The van der Waals surface area contributed by atoms with E-state index in [-0.39, 0.29) is 12.4 Å². The molecule has 1 fully saturated rings. The van der Waals surface area contributed by atoms with Crippen molar-refractivity contribution in [3.63, 3.8) is 0 Å². The fraction of sp³-hybridized carbons (Fsp3) is 1.00. The molecule has 0 spiro atoms. The van der Waals surface area contributed by atoms with Crippen LogP contribution in [0, 0.1) is 5.92 Å². The summed E-state index contributed by atoms with van der Waals surface area (Å²) in [5.41, 5.74) is 0. The summed E-state index contributed by atoms with van der Waals surface area (Å²) in [6.07, 6.45) is 2.04. The van der Waals surface area contributed by atoms with E-state index in [1.54, 1.807) is 4.31 Å².